The van der Waals surface area contributed by atoms with Crippen LogP contribution in [0.5, 0.6) is 0 Å². The molecule has 0 aliphatic heterocycles. The molecule has 0 aromatic carbocycles. The third kappa shape index (κ3) is 8.25. The van der Waals surface area contributed by atoms with Crippen LogP contribution in [-0.4, -0.2) is 21.4 Å². The molecule has 0 aromatic heterocycles. The lowest BCUT2D eigenvalue weighted by Crippen LogP contribution is -2.25. The minimum absolute atomic E-state index is 0.245. The third-order valence-electron chi connectivity index (χ3n) is 3.85. The number of hydrogen-bond acceptors (Lipinski definition) is 5. The minimum Gasteiger partial charge on any atom is -0.389 e. The Bertz CT molecular complexity index is 416. The highest BCUT2D eigenvalue weighted by Crippen LogP contribution is 2.23. The van der Waals surface area contributed by atoms with Crippen molar-refractivity contribution in [3.63, 3.8) is 0 Å². The molecule has 0 bridgehead atoms. The Morgan fingerprint density at radius 1 is 0.818 bits per heavy atom. The first-order chi connectivity index (χ1) is 10.3. The summed E-state index contributed by atoms with van der Waals surface area (Å²) in [6, 6.07) is 0. The Morgan fingerprint density at radius 2 is 1.14 bits per heavy atom. The van der Waals surface area contributed by atoms with Crippen LogP contribution in [0.2, 0.25) is 0 Å². The molecule has 124 valence electrons. The van der Waals surface area contributed by atoms with Gasteiger partial charge in [-0.05, 0) is 25.7 Å². The van der Waals surface area contributed by atoms with Crippen molar-refractivity contribution >= 4 is 8.25 Å². The van der Waals surface area contributed by atoms with E-state index in [4.69, 9.17) is 0 Å². The lowest BCUT2D eigenvalue weighted by Gasteiger charge is -2.21. The predicted octanol–water partition coefficient (Wildman–Crippen LogP) is 3.48. The summed E-state index contributed by atoms with van der Waals surface area (Å²) in [5.41, 5.74) is -1.68. The quantitative estimate of drug-likeness (QED) is 0.527. The van der Waals surface area contributed by atoms with E-state index in [1.165, 1.54) is 0 Å². The maximum atomic E-state index is 11.3. The van der Waals surface area contributed by atoms with E-state index >= 15 is 0 Å². The van der Waals surface area contributed by atoms with Gasteiger partial charge in [0.15, 0.2) is 12.2 Å². The molecule has 0 aliphatic carbocycles. The van der Waals surface area contributed by atoms with E-state index in [1.54, 1.807) is 0 Å². The summed E-state index contributed by atoms with van der Waals surface area (Å²) < 4.78 is 20.7. The van der Waals surface area contributed by atoms with Crippen molar-refractivity contribution in [2.75, 3.05) is 0 Å². The Hall–Kier alpha value is -1.26. The van der Waals surface area contributed by atoms with Crippen LogP contribution in [-0.2, 0) is 13.6 Å². The van der Waals surface area contributed by atoms with Crippen LogP contribution in [0, 0.1) is 24.1 Å². The van der Waals surface area contributed by atoms with Crippen molar-refractivity contribution in [2.24, 2.45) is 0 Å². The van der Waals surface area contributed by atoms with Crippen LogP contribution in [0.25, 0.3) is 0 Å². The largest absolute Gasteiger partial charge is 0.823 e. The first kappa shape index (κ1) is 20.7. The van der Waals surface area contributed by atoms with Gasteiger partial charge >= 0.3 is 8.25 Å². The summed E-state index contributed by atoms with van der Waals surface area (Å²) in [5.74, 6) is 5.23. The number of hydrogen-bond donors (Lipinski definition) is 2. The van der Waals surface area contributed by atoms with Gasteiger partial charge < -0.3 is 10.2 Å². The monoisotopic (exact) mass is 329 g/mol. The summed E-state index contributed by atoms with van der Waals surface area (Å²) in [7, 11) is -2.45. The second kappa shape index (κ2) is 10.5. The van der Waals surface area contributed by atoms with Gasteiger partial charge in [0, 0.05) is 17.4 Å². The van der Waals surface area contributed by atoms with Gasteiger partial charge in [-0.25, -0.2) is 0 Å². The van der Waals surface area contributed by atoms with E-state index in [0.717, 1.165) is 0 Å². The zero-order valence-corrected chi connectivity index (χ0v) is 14.7. The number of rotatable bonds is 8. The van der Waals surface area contributed by atoms with Gasteiger partial charge in [0.25, 0.3) is 0 Å². The second-order valence-electron chi connectivity index (χ2n) is 5.18. The Labute approximate surface area is 134 Å². The Kier molecular flexibility index (Phi) is 9.86. The first-order valence-corrected chi connectivity index (χ1v) is 8.66. The molecule has 6 heteroatoms. The summed E-state index contributed by atoms with van der Waals surface area (Å²) in [6.07, 6.45) is 7.35. The molecule has 0 unspecified atom stereocenters. The van der Waals surface area contributed by atoms with E-state index in [1.807, 2.05) is 27.7 Å². The lowest BCUT2D eigenvalue weighted by atomic mass is 9.94. The van der Waals surface area contributed by atoms with E-state index in [-0.39, 0.29) is 12.8 Å². The molecule has 0 fully saturated rings. The van der Waals surface area contributed by atoms with Crippen LogP contribution in [0.3, 0.4) is 0 Å². The van der Waals surface area contributed by atoms with Gasteiger partial charge in [0.1, 0.15) is 0 Å². The van der Waals surface area contributed by atoms with E-state index < -0.39 is 19.5 Å². The van der Waals surface area contributed by atoms with Crippen molar-refractivity contribution in [1.29, 1.82) is 0 Å². The van der Waals surface area contributed by atoms with Gasteiger partial charge in [-0.3, -0.25) is 0 Å². The van der Waals surface area contributed by atoms with Gasteiger partial charge in [-0.1, -0.05) is 39.5 Å². The van der Waals surface area contributed by atoms with E-state index in [0.29, 0.717) is 25.7 Å². The minimum atomic E-state index is -2.45. The normalized spacial score (nSPS) is 10.8. The smallest absolute Gasteiger partial charge is 0.389 e. The lowest BCUT2D eigenvalue weighted by molar-refractivity contribution is 0.0370. The molecule has 0 spiro atoms. The van der Waals surface area contributed by atoms with Crippen LogP contribution >= 0.6 is 8.25 Å². The SMILES string of the molecule is CCC(O)(CC)CC#CO[P+](=O)OC#CCC(O)(CC)CC. The Morgan fingerprint density at radius 3 is 1.41 bits per heavy atom. The molecule has 0 atom stereocenters. The molecule has 0 radical (unpaired) electrons. The fourth-order valence-corrected chi connectivity index (χ4v) is 1.87. The summed E-state index contributed by atoms with van der Waals surface area (Å²) >= 11 is 0. The Balaban J connectivity index is 4.18. The van der Waals surface area contributed by atoms with Crippen molar-refractivity contribution in [3.8, 4) is 24.1 Å². The van der Waals surface area contributed by atoms with Gasteiger partial charge in [0.05, 0.1) is 11.2 Å². The summed E-state index contributed by atoms with van der Waals surface area (Å²) in [5, 5.41) is 20.0. The van der Waals surface area contributed by atoms with Crippen LogP contribution in [0.15, 0.2) is 0 Å². The molecule has 0 aromatic rings. The third-order valence-corrected chi connectivity index (χ3v) is 4.33. The van der Waals surface area contributed by atoms with Crippen molar-refractivity contribution in [2.45, 2.75) is 77.4 Å². The summed E-state index contributed by atoms with van der Waals surface area (Å²) in [4.78, 5) is 0. The zero-order valence-electron chi connectivity index (χ0n) is 13.8. The number of aliphatic hydroxyl groups is 2. The standard InChI is InChI=1S/C16H26O5P/c1-5-15(17,6-2)11-9-13-20-22(19)21-14-10-12-16(18,7-3)8-4/h17-18H,5-8,11-12H2,1-4H3/q+1. The highest BCUT2D eigenvalue weighted by atomic mass is 31.1. The van der Waals surface area contributed by atoms with Crippen molar-refractivity contribution in [3.05, 3.63) is 0 Å². The summed E-state index contributed by atoms with van der Waals surface area (Å²) in [6.45, 7) is 7.50. The van der Waals surface area contributed by atoms with Crippen LogP contribution in [0.4, 0.5) is 0 Å². The molecule has 22 heavy (non-hydrogen) atoms. The highest BCUT2D eigenvalue weighted by molar-refractivity contribution is 7.33. The molecule has 0 amide bonds. The highest BCUT2D eigenvalue weighted by Gasteiger charge is 2.23. The maximum Gasteiger partial charge on any atom is 0.823 e. The second-order valence-corrected chi connectivity index (χ2v) is 5.99. The maximum absolute atomic E-state index is 11.3. The molecule has 0 saturated carbocycles. The zero-order chi connectivity index (χ0) is 17.1. The molecular weight excluding hydrogens is 303 g/mol. The molecule has 0 heterocycles. The fraction of sp³-hybridized carbons (Fsp3) is 0.750. The van der Waals surface area contributed by atoms with Gasteiger partial charge in [0.2, 0.25) is 0 Å². The molecule has 0 rings (SSSR count). The van der Waals surface area contributed by atoms with Crippen molar-refractivity contribution < 1.29 is 23.8 Å². The molecule has 0 aliphatic rings. The topological polar surface area (TPSA) is 76.0 Å². The van der Waals surface area contributed by atoms with Gasteiger partial charge in [-0.15, -0.1) is 0 Å². The van der Waals surface area contributed by atoms with Gasteiger partial charge in [-0.2, -0.15) is 9.05 Å². The molecule has 2 N–H and O–H groups in total. The average Bonchev–Trinajstić information content (AvgIpc) is 2.55. The van der Waals surface area contributed by atoms with Crippen LogP contribution in [0.1, 0.15) is 66.2 Å². The molecule has 0 saturated heterocycles. The van der Waals surface area contributed by atoms with E-state index in [9.17, 15) is 14.8 Å². The average molecular weight is 329 g/mol. The van der Waals surface area contributed by atoms with Crippen molar-refractivity contribution in [1.82, 2.24) is 0 Å². The molecular formula is C16H26O5P+. The van der Waals surface area contributed by atoms with Crippen LogP contribution < -0.4 is 0 Å². The molecule has 5 nitrogen and oxygen atoms in total. The predicted molar refractivity (Wildman–Crippen MR) is 85.6 cm³/mol. The fourth-order valence-electron chi connectivity index (χ4n) is 1.56. The van der Waals surface area contributed by atoms with E-state index in [2.05, 4.69) is 33.1 Å². The first-order valence-electron chi connectivity index (χ1n) is 7.56.